The van der Waals surface area contributed by atoms with Crippen LogP contribution in [0.1, 0.15) is 22.0 Å². The largest absolute Gasteiger partial charge is 0.507 e. The Labute approximate surface area is 79.7 Å². The highest BCUT2D eigenvalue weighted by Crippen LogP contribution is 2.38. The molecule has 0 saturated carbocycles. The average molecular weight is 195 g/mol. The third-order valence-electron chi connectivity index (χ3n) is 2.16. The molecular formula is C9H9NO4. The van der Waals surface area contributed by atoms with Crippen molar-refractivity contribution in [2.75, 3.05) is 6.61 Å². The number of rotatable bonds is 1. The van der Waals surface area contributed by atoms with Crippen molar-refractivity contribution in [3.63, 3.8) is 0 Å². The smallest absolute Gasteiger partial charge is 0.335 e. The summed E-state index contributed by atoms with van der Waals surface area (Å²) in [6, 6.07) is 2.16. The highest BCUT2D eigenvalue weighted by molar-refractivity contribution is 5.89. The summed E-state index contributed by atoms with van der Waals surface area (Å²) in [6.07, 6.45) is 0. The van der Waals surface area contributed by atoms with Gasteiger partial charge in [-0.2, -0.15) is 0 Å². The molecule has 0 saturated heterocycles. The van der Waals surface area contributed by atoms with Gasteiger partial charge in [-0.05, 0) is 12.1 Å². The number of carbonyl (C=O) groups is 1. The second-order valence-electron chi connectivity index (χ2n) is 3.13. The van der Waals surface area contributed by atoms with Crippen LogP contribution in [0.4, 0.5) is 0 Å². The minimum absolute atomic E-state index is 0.00431. The first-order valence-corrected chi connectivity index (χ1v) is 4.08. The molecule has 1 aliphatic rings. The molecule has 1 aliphatic heterocycles. The van der Waals surface area contributed by atoms with Crippen molar-refractivity contribution >= 4 is 5.97 Å². The standard InChI is InChI=1S/C9H9NO4/c10-5-3-14-7-2-4(9(12)13)1-6(11)8(5)7/h1-2,5,11H,3,10H2,(H,12,13)/t5-/m0/s1. The van der Waals surface area contributed by atoms with Crippen LogP contribution in [0.25, 0.3) is 0 Å². The number of carboxylic acid groups (broad SMARTS) is 1. The van der Waals surface area contributed by atoms with E-state index in [0.29, 0.717) is 11.3 Å². The lowest BCUT2D eigenvalue weighted by Crippen LogP contribution is -2.11. The summed E-state index contributed by atoms with van der Waals surface area (Å²) in [5, 5.41) is 18.2. The Bertz CT molecular complexity index is 402. The third kappa shape index (κ3) is 1.18. The monoisotopic (exact) mass is 195 g/mol. The Balaban J connectivity index is 2.57. The number of ether oxygens (including phenoxy) is 1. The van der Waals surface area contributed by atoms with Gasteiger partial charge in [-0.1, -0.05) is 0 Å². The normalized spacial score (nSPS) is 18.8. The van der Waals surface area contributed by atoms with E-state index in [0.717, 1.165) is 0 Å². The van der Waals surface area contributed by atoms with Gasteiger partial charge in [-0.3, -0.25) is 0 Å². The van der Waals surface area contributed by atoms with E-state index in [9.17, 15) is 9.90 Å². The van der Waals surface area contributed by atoms with E-state index in [4.69, 9.17) is 15.6 Å². The highest BCUT2D eigenvalue weighted by Gasteiger charge is 2.26. The number of phenols is 1. The Morgan fingerprint density at radius 1 is 1.57 bits per heavy atom. The van der Waals surface area contributed by atoms with Gasteiger partial charge in [0, 0.05) is 0 Å². The number of carboxylic acids is 1. The van der Waals surface area contributed by atoms with Crippen molar-refractivity contribution in [3.05, 3.63) is 23.3 Å². The van der Waals surface area contributed by atoms with E-state index in [2.05, 4.69) is 0 Å². The van der Waals surface area contributed by atoms with Gasteiger partial charge < -0.3 is 20.7 Å². The summed E-state index contributed by atoms with van der Waals surface area (Å²) in [7, 11) is 0. The number of benzene rings is 1. The van der Waals surface area contributed by atoms with Gasteiger partial charge >= 0.3 is 5.97 Å². The second-order valence-corrected chi connectivity index (χ2v) is 3.13. The predicted octanol–water partition coefficient (Wildman–Crippen LogP) is 0.483. The second kappa shape index (κ2) is 2.88. The van der Waals surface area contributed by atoms with Crippen LogP contribution in [-0.2, 0) is 0 Å². The maximum atomic E-state index is 10.6. The van der Waals surface area contributed by atoms with Gasteiger partial charge in [0.05, 0.1) is 17.2 Å². The Hall–Kier alpha value is -1.75. The third-order valence-corrected chi connectivity index (χ3v) is 2.16. The molecular weight excluding hydrogens is 186 g/mol. The minimum Gasteiger partial charge on any atom is -0.507 e. The molecule has 1 heterocycles. The van der Waals surface area contributed by atoms with E-state index in [-0.39, 0.29) is 24.0 Å². The summed E-state index contributed by atoms with van der Waals surface area (Å²) in [5.41, 5.74) is 6.12. The molecule has 74 valence electrons. The van der Waals surface area contributed by atoms with Crippen LogP contribution in [0, 0.1) is 0 Å². The van der Waals surface area contributed by atoms with Crippen LogP contribution >= 0.6 is 0 Å². The van der Waals surface area contributed by atoms with Crippen molar-refractivity contribution in [1.29, 1.82) is 0 Å². The minimum atomic E-state index is -1.10. The van der Waals surface area contributed by atoms with E-state index in [1.807, 2.05) is 0 Å². The fourth-order valence-electron chi connectivity index (χ4n) is 1.49. The maximum Gasteiger partial charge on any atom is 0.335 e. The summed E-state index contributed by atoms with van der Waals surface area (Å²) >= 11 is 0. The lowest BCUT2D eigenvalue weighted by Gasteiger charge is -2.05. The van der Waals surface area contributed by atoms with Crippen molar-refractivity contribution in [1.82, 2.24) is 0 Å². The van der Waals surface area contributed by atoms with E-state index in [1.54, 1.807) is 0 Å². The molecule has 4 N–H and O–H groups in total. The van der Waals surface area contributed by atoms with Crippen LogP contribution < -0.4 is 10.5 Å². The molecule has 14 heavy (non-hydrogen) atoms. The summed E-state index contributed by atoms with van der Waals surface area (Å²) in [4.78, 5) is 10.6. The molecule has 5 nitrogen and oxygen atoms in total. The maximum absolute atomic E-state index is 10.6. The highest BCUT2D eigenvalue weighted by atomic mass is 16.5. The molecule has 0 amide bonds. The van der Waals surface area contributed by atoms with Crippen molar-refractivity contribution in [3.8, 4) is 11.5 Å². The first-order chi connectivity index (χ1) is 6.59. The van der Waals surface area contributed by atoms with Crippen LogP contribution in [0.3, 0.4) is 0 Å². The zero-order valence-corrected chi connectivity index (χ0v) is 7.23. The molecule has 0 fully saturated rings. The zero-order chi connectivity index (χ0) is 10.3. The first-order valence-electron chi connectivity index (χ1n) is 4.08. The predicted molar refractivity (Wildman–Crippen MR) is 47.5 cm³/mol. The van der Waals surface area contributed by atoms with Gasteiger partial charge in [0.1, 0.15) is 18.1 Å². The Morgan fingerprint density at radius 2 is 2.29 bits per heavy atom. The van der Waals surface area contributed by atoms with Gasteiger partial charge in [0.25, 0.3) is 0 Å². The van der Waals surface area contributed by atoms with Crippen molar-refractivity contribution in [2.45, 2.75) is 6.04 Å². The van der Waals surface area contributed by atoms with Crippen molar-refractivity contribution in [2.24, 2.45) is 5.73 Å². The molecule has 0 radical (unpaired) electrons. The van der Waals surface area contributed by atoms with Crippen molar-refractivity contribution < 1.29 is 19.7 Å². The average Bonchev–Trinajstić information content (AvgIpc) is 2.48. The number of hydrogen-bond donors (Lipinski definition) is 3. The van der Waals surface area contributed by atoms with Crippen LogP contribution in [-0.4, -0.2) is 22.8 Å². The molecule has 2 rings (SSSR count). The quantitative estimate of drug-likeness (QED) is 0.606. The first kappa shape index (κ1) is 8.83. The molecule has 0 aromatic heterocycles. The number of hydrogen-bond acceptors (Lipinski definition) is 4. The number of aromatic carboxylic acids is 1. The van der Waals surface area contributed by atoms with Gasteiger partial charge in [-0.15, -0.1) is 0 Å². The molecule has 0 spiro atoms. The number of fused-ring (bicyclic) bond motifs is 1. The fourth-order valence-corrected chi connectivity index (χ4v) is 1.49. The summed E-state index contributed by atoms with van der Waals surface area (Å²) in [6.45, 7) is 0.270. The van der Waals surface area contributed by atoms with E-state index >= 15 is 0 Å². The number of nitrogens with two attached hydrogens (primary N) is 1. The van der Waals surface area contributed by atoms with E-state index < -0.39 is 5.97 Å². The molecule has 1 aromatic carbocycles. The van der Waals surface area contributed by atoms with Crippen LogP contribution in [0.5, 0.6) is 11.5 Å². The Morgan fingerprint density at radius 3 is 2.93 bits per heavy atom. The van der Waals surface area contributed by atoms with Gasteiger partial charge in [0.2, 0.25) is 0 Å². The van der Waals surface area contributed by atoms with Gasteiger partial charge in [0.15, 0.2) is 0 Å². The topological polar surface area (TPSA) is 92.8 Å². The number of phenolic OH excluding ortho intramolecular Hbond substituents is 1. The fraction of sp³-hybridized carbons (Fsp3) is 0.222. The molecule has 0 aliphatic carbocycles. The molecule has 0 bridgehead atoms. The SMILES string of the molecule is N[C@H]1COc2cc(C(=O)O)cc(O)c21. The summed E-state index contributed by atoms with van der Waals surface area (Å²) < 4.78 is 5.13. The zero-order valence-electron chi connectivity index (χ0n) is 7.23. The molecule has 1 aromatic rings. The van der Waals surface area contributed by atoms with Crippen LogP contribution in [0.15, 0.2) is 12.1 Å². The summed E-state index contributed by atoms with van der Waals surface area (Å²) in [5.74, 6) is -0.869. The Kier molecular flexibility index (Phi) is 1.82. The van der Waals surface area contributed by atoms with Crippen LogP contribution in [0.2, 0.25) is 0 Å². The molecule has 1 atom stereocenters. The lowest BCUT2D eigenvalue weighted by molar-refractivity contribution is 0.0696. The van der Waals surface area contributed by atoms with Gasteiger partial charge in [-0.25, -0.2) is 4.79 Å². The molecule has 5 heteroatoms. The molecule has 0 unspecified atom stereocenters. The lowest BCUT2D eigenvalue weighted by atomic mass is 10.1. The van der Waals surface area contributed by atoms with E-state index in [1.165, 1.54) is 12.1 Å². The number of aromatic hydroxyl groups is 1.